The number of para-hydroxylation sites is 1. The molecule has 0 aliphatic carbocycles. The van der Waals surface area contributed by atoms with Gasteiger partial charge in [0.25, 0.3) is 11.5 Å². The zero-order valence-electron chi connectivity index (χ0n) is 16.0. The molecule has 0 radical (unpaired) electrons. The lowest BCUT2D eigenvalue weighted by molar-refractivity contribution is -0.114. The summed E-state index contributed by atoms with van der Waals surface area (Å²) >= 11 is 12.2. The molecule has 2 aromatic carbocycles. The maximum atomic E-state index is 13.0. The van der Waals surface area contributed by atoms with Crippen molar-refractivity contribution in [3.8, 4) is 11.6 Å². The molecular formula is C21H14Cl2N4O4. The van der Waals surface area contributed by atoms with E-state index in [1.165, 1.54) is 18.2 Å². The minimum absolute atomic E-state index is 0.0510. The van der Waals surface area contributed by atoms with Crippen molar-refractivity contribution in [1.29, 1.82) is 0 Å². The molecule has 0 spiro atoms. The Labute approximate surface area is 185 Å². The number of aromatic hydroxyl groups is 1. The monoisotopic (exact) mass is 456 g/mol. The lowest BCUT2D eigenvalue weighted by atomic mass is 10.1. The van der Waals surface area contributed by atoms with E-state index in [0.717, 1.165) is 9.58 Å². The fourth-order valence-electron chi connectivity index (χ4n) is 3.13. The molecule has 0 atom stereocenters. The summed E-state index contributed by atoms with van der Waals surface area (Å²) in [5, 5.41) is 16.6. The van der Waals surface area contributed by atoms with Crippen LogP contribution in [0.5, 0.6) is 5.88 Å². The van der Waals surface area contributed by atoms with Crippen LogP contribution in [0.3, 0.4) is 0 Å². The number of nitrogens with zero attached hydrogens (tertiary/aromatic N) is 3. The minimum Gasteiger partial charge on any atom is -0.494 e. The van der Waals surface area contributed by atoms with Crippen molar-refractivity contribution < 1.29 is 9.90 Å². The van der Waals surface area contributed by atoms with Crippen LogP contribution in [0.25, 0.3) is 11.8 Å². The Kier molecular flexibility index (Phi) is 5.26. The quantitative estimate of drug-likeness (QED) is 0.589. The number of hydrazone groups is 1. The average molecular weight is 457 g/mol. The second-order valence-corrected chi connectivity index (χ2v) is 7.47. The number of carbonyl (C=O) groups excluding carboxylic acids is 1. The molecule has 10 heteroatoms. The van der Waals surface area contributed by atoms with Crippen LogP contribution in [0.1, 0.15) is 12.5 Å². The molecule has 2 N–H and O–H groups in total. The number of hydrogen-bond acceptors (Lipinski definition) is 5. The maximum absolute atomic E-state index is 13.0. The van der Waals surface area contributed by atoms with E-state index in [2.05, 4.69) is 10.1 Å². The highest BCUT2D eigenvalue weighted by molar-refractivity contribution is 6.38. The Morgan fingerprint density at radius 3 is 2.48 bits per heavy atom. The Morgan fingerprint density at radius 2 is 1.77 bits per heavy atom. The van der Waals surface area contributed by atoms with E-state index in [-0.39, 0.29) is 27.6 Å². The third-order valence-corrected chi connectivity index (χ3v) is 5.18. The first-order chi connectivity index (χ1) is 14.8. The van der Waals surface area contributed by atoms with Gasteiger partial charge in [0.15, 0.2) is 0 Å². The van der Waals surface area contributed by atoms with Gasteiger partial charge in [-0.25, -0.2) is 9.36 Å². The predicted octanol–water partition coefficient (Wildman–Crippen LogP) is 3.34. The van der Waals surface area contributed by atoms with Crippen molar-refractivity contribution in [2.75, 3.05) is 5.01 Å². The molecule has 0 saturated carbocycles. The van der Waals surface area contributed by atoms with Crippen molar-refractivity contribution in [2.24, 2.45) is 5.10 Å². The number of carbonyl (C=O) groups is 1. The third kappa shape index (κ3) is 3.67. The van der Waals surface area contributed by atoms with Gasteiger partial charge in [-0.3, -0.25) is 14.6 Å². The molecule has 0 fully saturated rings. The van der Waals surface area contributed by atoms with Crippen LogP contribution in [-0.2, 0) is 4.79 Å². The number of benzene rings is 2. The molecule has 4 rings (SSSR count). The Bertz CT molecular complexity index is 1390. The van der Waals surface area contributed by atoms with Crippen molar-refractivity contribution in [3.05, 3.63) is 90.6 Å². The Morgan fingerprint density at radius 1 is 1.06 bits per heavy atom. The van der Waals surface area contributed by atoms with E-state index in [1.54, 1.807) is 43.3 Å². The topological polar surface area (TPSA) is 108 Å². The van der Waals surface area contributed by atoms with Gasteiger partial charge in [-0.2, -0.15) is 10.1 Å². The van der Waals surface area contributed by atoms with E-state index in [1.807, 2.05) is 0 Å². The van der Waals surface area contributed by atoms with Crippen LogP contribution < -0.4 is 16.3 Å². The molecule has 0 unspecified atom stereocenters. The number of aromatic amines is 1. The second kappa shape index (κ2) is 7.90. The smallest absolute Gasteiger partial charge is 0.335 e. The van der Waals surface area contributed by atoms with Gasteiger partial charge in [-0.1, -0.05) is 41.4 Å². The van der Waals surface area contributed by atoms with Gasteiger partial charge in [0, 0.05) is 5.02 Å². The first-order valence-corrected chi connectivity index (χ1v) is 9.74. The van der Waals surface area contributed by atoms with Crippen molar-refractivity contribution >= 4 is 46.6 Å². The molecular weight excluding hydrogens is 443 g/mol. The molecule has 1 aromatic heterocycles. The number of amides is 1. The molecule has 0 saturated heterocycles. The number of halogens is 2. The number of hydrogen-bond donors (Lipinski definition) is 2. The number of H-pyrrole nitrogens is 1. The maximum Gasteiger partial charge on any atom is 0.335 e. The number of aromatic nitrogens is 2. The first-order valence-electron chi connectivity index (χ1n) is 8.98. The average Bonchev–Trinajstić information content (AvgIpc) is 3.01. The molecule has 1 amide bonds. The van der Waals surface area contributed by atoms with Crippen LogP contribution in [0, 0.1) is 0 Å². The second-order valence-electron chi connectivity index (χ2n) is 6.62. The highest BCUT2D eigenvalue weighted by atomic mass is 35.5. The summed E-state index contributed by atoms with van der Waals surface area (Å²) in [4.78, 5) is 39.9. The summed E-state index contributed by atoms with van der Waals surface area (Å²) in [6, 6.07) is 12.9. The standard InChI is InChI=1S/C21H14Cl2N4O4/c1-11-14(20(30)27(25-11)17-9-12(22)7-8-16(17)23)10-15-18(28)24-21(31)26(19(15)29)13-5-3-2-4-6-13/h2-10,29H,1H3,(H,24,28,31). The SMILES string of the molecule is CC1=NN(c2cc(Cl)ccc2Cl)C(=O)C1=Cc1c(O)n(-c2ccccc2)c(=O)[nH]c1=O. The van der Waals surface area contributed by atoms with Crippen LogP contribution >= 0.6 is 23.2 Å². The van der Waals surface area contributed by atoms with E-state index >= 15 is 0 Å². The summed E-state index contributed by atoms with van der Waals surface area (Å²) in [5.41, 5.74) is -0.966. The van der Waals surface area contributed by atoms with Crippen LogP contribution in [0.15, 0.2) is 68.8 Å². The van der Waals surface area contributed by atoms with Gasteiger partial charge in [0.2, 0.25) is 5.88 Å². The van der Waals surface area contributed by atoms with Gasteiger partial charge in [0.1, 0.15) is 5.56 Å². The normalized spacial score (nSPS) is 14.9. The van der Waals surface area contributed by atoms with Gasteiger partial charge in [-0.15, -0.1) is 0 Å². The fraction of sp³-hybridized carbons (Fsp3) is 0.0476. The number of nitrogens with one attached hydrogen (secondary N) is 1. The van der Waals surface area contributed by atoms with Crippen LogP contribution in [-0.4, -0.2) is 26.3 Å². The van der Waals surface area contributed by atoms with E-state index < -0.39 is 23.0 Å². The summed E-state index contributed by atoms with van der Waals surface area (Å²) in [6.07, 6.45) is 1.19. The molecule has 8 nitrogen and oxygen atoms in total. The largest absolute Gasteiger partial charge is 0.494 e. The van der Waals surface area contributed by atoms with E-state index in [4.69, 9.17) is 23.2 Å². The number of anilines is 1. The molecule has 0 bridgehead atoms. The highest BCUT2D eigenvalue weighted by Gasteiger charge is 2.31. The van der Waals surface area contributed by atoms with Crippen LogP contribution in [0.4, 0.5) is 5.69 Å². The van der Waals surface area contributed by atoms with Crippen molar-refractivity contribution in [3.63, 3.8) is 0 Å². The lowest BCUT2D eigenvalue weighted by Gasteiger charge is -2.14. The van der Waals surface area contributed by atoms with E-state index in [9.17, 15) is 19.5 Å². The molecule has 1 aliphatic heterocycles. The summed E-state index contributed by atoms with van der Waals surface area (Å²) < 4.78 is 0.936. The summed E-state index contributed by atoms with van der Waals surface area (Å²) in [7, 11) is 0. The molecule has 2 heterocycles. The zero-order chi connectivity index (χ0) is 22.3. The molecule has 1 aliphatic rings. The minimum atomic E-state index is -0.845. The lowest BCUT2D eigenvalue weighted by Crippen LogP contribution is -2.30. The summed E-state index contributed by atoms with van der Waals surface area (Å²) in [6.45, 7) is 1.57. The summed E-state index contributed by atoms with van der Waals surface area (Å²) in [5.74, 6) is -1.18. The Hall–Kier alpha value is -3.62. The highest BCUT2D eigenvalue weighted by Crippen LogP contribution is 2.33. The van der Waals surface area contributed by atoms with Gasteiger partial charge >= 0.3 is 5.69 Å². The molecule has 3 aromatic rings. The van der Waals surface area contributed by atoms with Crippen molar-refractivity contribution in [1.82, 2.24) is 9.55 Å². The van der Waals surface area contributed by atoms with Crippen molar-refractivity contribution in [2.45, 2.75) is 6.92 Å². The fourth-order valence-corrected chi connectivity index (χ4v) is 3.49. The number of rotatable bonds is 3. The molecule has 156 valence electrons. The zero-order valence-corrected chi connectivity index (χ0v) is 17.5. The van der Waals surface area contributed by atoms with Crippen LogP contribution in [0.2, 0.25) is 10.0 Å². The first kappa shape index (κ1) is 20.6. The van der Waals surface area contributed by atoms with Gasteiger partial charge in [-0.05, 0) is 43.3 Å². The third-order valence-electron chi connectivity index (χ3n) is 4.62. The predicted molar refractivity (Wildman–Crippen MR) is 119 cm³/mol. The van der Waals surface area contributed by atoms with Gasteiger partial charge < -0.3 is 5.11 Å². The van der Waals surface area contributed by atoms with Gasteiger partial charge in [0.05, 0.1) is 27.7 Å². The Balaban J connectivity index is 1.84. The molecule has 31 heavy (non-hydrogen) atoms. The van der Waals surface area contributed by atoms with E-state index in [0.29, 0.717) is 10.7 Å².